The highest BCUT2D eigenvalue weighted by Crippen LogP contribution is 2.46. The standard InChI is InChI=1S/C19H32O4S/c1-2-3-5-11-22-12-10-15-16(18-9-8-17(15)23-18)14-24-13-6-4-7-19(20)21/h3,5,15-18H,2,4,6-14H2,1H3,(H,20,21). The van der Waals surface area contributed by atoms with Crippen LogP contribution in [0.4, 0.5) is 0 Å². The summed E-state index contributed by atoms with van der Waals surface area (Å²) in [6.07, 6.45) is 11.8. The molecule has 0 aromatic rings. The molecule has 2 saturated heterocycles. The number of fused-ring (bicyclic) bond motifs is 2. The maximum atomic E-state index is 10.5. The van der Waals surface area contributed by atoms with Crippen LogP contribution < -0.4 is 0 Å². The number of carboxylic acids is 1. The lowest BCUT2D eigenvalue weighted by atomic mass is 9.79. The quantitative estimate of drug-likeness (QED) is 0.397. The predicted molar refractivity (Wildman–Crippen MR) is 98.6 cm³/mol. The number of aliphatic carboxylic acids is 1. The fraction of sp³-hybridized carbons (Fsp3) is 0.842. The summed E-state index contributed by atoms with van der Waals surface area (Å²) in [6.45, 7) is 3.68. The van der Waals surface area contributed by atoms with E-state index >= 15 is 0 Å². The third-order valence-electron chi connectivity index (χ3n) is 5.04. The van der Waals surface area contributed by atoms with Crippen molar-refractivity contribution in [1.82, 2.24) is 0 Å². The third kappa shape index (κ3) is 6.41. The minimum Gasteiger partial charge on any atom is -0.481 e. The van der Waals surface area contributed by atoms with Gasteiger partial charge in [0.1, 0.15) is 0 Å². The monoisotopic (exact) mass is 356 g/mol. The van der Waals surface area contributed by atoms with Gasteiger partial charge in [-0.15, -0.1) is 0 Å². The van der Waals surface area contributed by atoms with Gasteiger partial charge in [0.05, 0.1) is 18.8 Å². The zero-order valence-corrected chi connectivity index (χ0v) is 15.6. The van der Waals surface area contributed by atoms with E-state index in [9.17, 15) is 4.79 Å². The number of hydrogen-bond acceptors (Lipinski definition) is 4. The Balaban J connectivity index is 1.62. The summed E-state index contributed by atoms with van der Waals surface area (Å²) in [7, 11) is 0. The Bertz CT molecular complexity index is 399. The summed E-state index contributed by atoms with van der Waals surface area (Å²) in [5.41, 5.74) is 0. The van der Waals surface area contributed by atoms with E-state index in [0.29, 0.717) is 30.5 Å². The molecule has 5 heteroatoms. The first kappa shape index (κ1) is 19.8. The Labute approximate surface area is 150 Å². The van der Waals surface area contributed by atoms with Gasteiger partial charge in [-0.1, -0.05) is 19.1 Å². The average Bonchev–Trinajstić information content (AvgIpc) is 3.15. The summed E-state index contributed by atoms with van der Waals surface area (Å²) in [4.78, 5) is 10.5. The summed E-state index contributed by atoms with van der Waals surface area (Å²) in [5, 5.41) is 8.66. The predicted octanol–water partition coefficient (Wildman–Crippen LogP) is 4.14. The van der Waals surface area contributed by atoms with Gasteiger partial charge in [-0.05, 0) is 61.9 Å². The van der Waals surface area contributed by atoms with Gasteiger partial charge in [0.2, 0.25) is 0 Å². The fourth-order valence-electron chi connectivity index (χ4n) is 3.81. The molecule has 2 bridgehead atoms. The lowest BCUT2D eigenvalue weighted by Gasteiger charge is -2.27. The number of ether oxygens (including phenoxy) is 2. The van der Waals surface area contributed by atoms with Gasteiger partial charge in [-0.2, -0.15) is 11.8 Å². The van der Waals surface area contributed by atoms with Crippen molar-refractivity contribution < 1.29 is 19.4 Å². The molecule has 0 aromatic heterocycles. The van der Waals surface area contributed by atoms with Crippen molar-refractivity contribution in [3.05, 3.63) is 12.2 Å². The van der Waals surface area contributed by atoms with Gasteiger partial charge in [0, 0.05) is 13.0 Å². The van der Waals surface area contributed by atoms with Crippen LogP contribution in [0.5, 0.6) is 0 Å². The summed E-state index contributed by atoms with van der Waals surface area (Å²) in [6, 6.07) is 0. The zero-order chi connectivity index (χ0) is 17.2. The summed E-state index contributed by atoms with van der Waals surface area (Å²) in [5.74, 6) is 2.82. The first-order valence-electron chi connectivity index (χ1n) is 9.40. The number of carboxylic acid groups (broad SMARTS) is 1. The van der Waals surface area contributed by atoms with Gasteiger partial charge in [0.15, 0.2) is 0 Å². The van der Waals surface area contributed by atoms with Crippen LogP contribution in [-0.2, 0) is 14.3 Å². The van der Waals surface area contributed by atoms with Crippen LogP contribution in [0, 0.1) is 11.8 Å². The Hall–Kier alpha value is -0.520. The molecule has 138 valence electrons. The Morgan fingerprint density at radius 1 is 1.25 bits per heavy atom. The minimum absolute atomic E-state index is 0.296. The van der Waals surface area contributed by atoms with E-state index in [-0.39, 0.29) is 0 Å². The summed E-state index contributed by atoms with van der Waals surface area (Å²) < 4.78 is 11.9. The Kier molecular flexibility index (Phi) is 9.21. The van der Waals surface area contributed by atoms with Gasteiger partial charge in [0.25, 0.3) is 0 Å². The van der Waals surface area contributed by atoms with Gasteiger partial charge < -0.3 is 14.6 Å². The molecule has 4 unspecified atom stereocenters. The molecule has 0 aliphatic carbocycles. The highest BCUT2D eigenvalue weighted by Gasteiger charge is 2.47. The van der Waals surface area contributed by atoms with Crippen LogP contribution in [0.15, 0.2) is 12.2 Å². The highest BCUT2D eigenvalue weighted by molar-refractivity contribution is 7.99. The van der Waals surface area contributed by atoms with E-state index in [1.165, 1.54) is 12.8 Å². The molecule has 0 radical (unpaired) electrons. The number of allylic oxidation sites excluding steroid dienone is 1. The topological polar surface area (TPSA) is 55.8 Å². The van der Waals surface area contributed by atoms with Gasteiger partial charge in [-0.3, -0.25) is 4.79 Å². The molecular formula is C19H32O4S. The molecule has 0 spiro atoms. The van der Waals surface area contributed by atoms with Crippen LogP contribution >= 0.6 is 11.8 Å². The summed E-state index contributed by atoms with van der Waals surface area (Å²) >= 11 is 1.97. The lowest BCUT2D eigenvalue weighted by molar-refractivity contribution is -0.137. The van der Waals surface area contributed by atoms with Crippen LogP contribution in [0.3, 0.4) is 0 Å². The zero-order valence-electron chi connectivity index (χ0n) is 14.8. The highest BCUT2D eigenvalue weighted by atomic mass is 32.2. The third-order valence-corrected chi connectivity index (χ3v) is 6.24. The van der Waals surface area contributed by atoms with Crippen LogP contribution in [-0.4, -0.2) is 48.0 Å². The second kappa shape index (κ2) is 11.2. The number of thioether (sulfide) groups is 1. The molecule has 2 fully saturated rings. The molecule has 24 heavy (non-hydrogen) atoms. The lowest BCUT2D eigenvalue weighted by Crippen LogP contribution is -2.30. The van der Waals surface area contributed by atoms with E-state index in [1.807, 2.05) is 11.8 Å². The average molecular weight is 357 g/mol. The Morgan fingerprint density at radius 3 is 2.79 bits per heavy atom. The molecular weight excluding hydrogens is 324 g/mol. The van der Waals surface area contributed by atoms with Crippen molar-refractivity contribution >= 4 is 17.7 Å². The maximum Gasteiger partial charge on any atom is 0.303 e. The molecule has 2 heterocycles. The molecule has 1 N–H and O–H groups in total. The van der Waals surface area contributed by atoms with Crippen molar-refractivity contribution in [2.24, 2.45) is 11.8 Å². The number of carbonyl (C=O) groups is 1. The fourth-order valence-corrected chi connectivity index (χ4v) is 5.12. The number of hydrogen-bond donors (Lipinski definition) is 1. The van der Waals surface area contributed by atoms with Crippen LogP contribution in [0.25, 0.3) is 0 Å². The molecule has 2 aliphatic rings. The largest absolute Gasteiger partial charge is 0.481 e. The van der Waals surface area contributed by atoms with E-state index in [0.717, 1.165) is 50.4 Å². The second-order valence-corrected chi connectivity index (χ2v) is 7.94. The molecule has 0 saturated carbocycles. The van der Waals surface area contributed by atoms with Crippen LogP contribution in [0.1, 0.15) is 51.9 Å². The first-order valence-corrected chi connectivity index (χ1v) is 10.6. The number of rotatable bonds is 13. The molecule has 2 aliphatic heterocycles. The SMILES string of the molecule is CCC=CCOCCC1C2CCC(O2)C1CSCCCCC(=O)O. The normalized spacial score (nSPS) is 28.9. The van der Waals surface area contributed by atoms with Gasteiger partial charge >= 0.3 is 5.97 Å². The first-order chi connectivity index (χ1) is 11.7. The van der Waals surface area contributed by atoms with Crippen LogP contribution in [0.2, 0.25) is 0 Å². The van der Waals surface area contributed by atoms with Crippen molar-refractivity contribution in [3.63, 3.8) is 0 Å². The van der Waals surface area contributed by atoms with E-state index in [2.05, 4.69) is 19.1 Å². The van der Waals surface area contributed by atoms with Crippen molar-refractivity contribution in [2.45, 2.75) is 64.1 Å². The van der Waals surface area contributed by atoms with Crippen molar-refractivity contribution in [2.75, 3.05) is 24.7 Å². The molecule has 0 aromatic carbocycles. The molecule has 2 rings (SSSR count). The number of unbranched alkanes of at least 4 members (excludes halogenated alkanes) is 1. The van der Waals surface area contributed by atoms with Crippen molar-refractivity contribution in [1.29, 1.82) is 0 Å². The molecule has 4 nitrogen and oxygen atoms in total. The minimum atomic E-state index is -0.685. The smallest absolute Gasteiger partial charge is 0.303 e. The molecule has 4 atom stereocenters. The Morgan fingerprint density at radius 2 is 2.04 bits per heavy atom. The maximum absolute atomic E-state index is 10.5. The van der Waals surface area contributed by atoms with E-state index in [4.69, 9.17) is 14.6 Å². The molecule has 0 amide bonds. The van der Waals surface area contributed by atoms with Crippen molar-refractivity contribution in [3.8, 4) is 0 Å². The van der Waals surface area contributed by atoms with E-state index < -0.39 is 5.97 Å². The van der Waals surface area contributed by atoms with E-state index in [1.54, 1.807) is 0 Å². The second-order valence-electron chi connectivity index (χ2n) is 6.79. The van der Waals surface area contributed by atoms with Gasteiger partial charge in [-0.25, -0.2) is 0 Å².